The van der Waals surface area contributed by atoms with Crippen molar-refractivity contribution in [3.8, 4) is 5.82 Å². The van der Waals surface area contributed by atoms with E-state index in [1.807, 2.05) is 24.5 Å². The van der Waals surface area contributed by atoms with E-state index in [-0.39, 0.29) is 0 Å². The maximum atomic E-state index is 5.53. The molecule has 25 heavy (non-hydrogen) atoms. The first-order valence-corrected chi connectivity index (χ1v) is 8.99. The maximum absolute atomic E-state index is 5.53. The van der Waals surface area contributed by atoms with Gasteiger partial charge in [0.05, 0.1) is 24.5 Å². The molecule has 130 valence electrons. The van der Waals surface area contributed by atoms with Gasteiger partial charge in [0.15, 0.2) is 0 Å². The molecule has 0 spiro atoms. The highest BCUT2D eigenvalue weighted by molar-refractivity contribution is 5.29. The van der Waals surface area contributed by atoms with Crippen molar-refractivity contribution in [2.45, 2.75) is 45.2 Å². The fraction of sp³-hybridized carbons (Fsp3) is 0.400. The molecule has 4 rings (SSSR count). The predicted octanol–water partition coefficient (Wildman–Crippen LogP) is 4.32. The molecule has 0 aliphatic carbocycles. The third kappa shape index (κ3) is 3.24. The molecule has 0 N–H and O–H groups in total. The van der Waals surface area contributed by atoms with Crippen LogP contribution >= 0.6 is 0 Å². The number of furan rings is 1. The highest BCUT2D eigenvalue weighted by Gasteiger charge is 2.28. The van der Waals surface area contributed by atoms with E-state index in [0.717, 1.165) is 42.6 Å². The second-order valence-electron chi connectivity index (χ2n) is 6.94. The Morgan fingerprint density at radius 2 is 2.16 bits per heavy atom. The number of likely N-dealkylation sites (tertiary alicyclic amines) is 1. The summed E-state index contributed by atoms with van der Waals surface area (Å²) in [5.41, 5.74) is 1.13. The minimum Gasteiger partial charge on any atom is -0.468 e. The number of hydrogen-bond acceptors (Lipinski definition) is 4. The monoisotopic (exact) mass is 336 g/mol. The Balaban J connectivity index is 1.61. The molecule has 1 aliphatic rings. The molecule has 1 atom stereocenters. The Hall–Kier alpha value is -2.40. The van der Waals surface area contributed by atoms with E-state index in [2.05, 4.69) is 46.5 Å². The molecule has 5 nitrogen and oxygen atoms in total. The Morgan fingerprint density at radius 3 is 2.96 bits per heavy atom. The van der Waals surface area contributed by atoms with Crippen molar-refractivity contribution in [2.75, 3.05) is 6.54 Å². The summed E-state index contributed by atoms with van der Waals surface area (Å²) < 4.78 is 7.63. The van der Waals surface area contributed by atoms with E-state index in [1.165, 1.54) is 6.42 Å². The molecule has 1 fully saturated rings. The fourth-order valence-electron chi connectivity index (χ4n) is 3.65. The number of pyridine rings is 1. The minimum absolute atomic E-state index is 0.344. The van der Waals surface area contributed by atoms with Gasteiger partial charge in [-0.15, -0.1) is 0 Å². The molecule has 1 saturated heterocycles. The average molecular weight is 336 g/mol. The molecule has 1 aliphatic heterocycles. The highest BCUT2D eigenvalue weighted by atomic mass is 16.3. The molecule has 0 radical (unpaired) electrons. The van der Waals surface area contributed by atoms with Gasteiger partial charge in [0.2, 0.25) is 0 Å². The van der Waals surface area contributed by atoms with Crippen molar-refractivity contribution in [3.05, 3.63) is 66.3 Å². The van der Waals surface area contributed by atoms with Crippen LogP contribution in [0.25, 0.3) is 5.82 Å². The third-order valence-electron chi connectivity index (χ3n) is 4.83. The van der Waals surface area contributed by atoms with Gasteiger partial charge in [0.1, 0.15) is 17.4 Å². The molecule has 4 heterocycles. The summed E-state index contributed by atoms with van der Waals surface area (Å²) in [5, 5.41) is 0. The van der Waals surface area contributed by atoms with Crippen molar-refractivity contribution in [3.63, 3.8) is 0 Å². The van der Waals surface area contributed by atoms with Crippen LogP contribution in [-0.4, -0.2) is 26.0 Å². The van der Waals surface area contributed by atoms with Gasteiger partial charge < -0.3 is 4.42 Å². The number of hydrogen-bond donors (Lipinski definition) is 0. The summed E-state index contributed by atoms with van der Waals surface area (Å²) in [5.74, 6) is 3.37. The van der Waals surface area contributed by atoms with Crippen LogP contribution in [0, 0.1) is 0 Å². The largest absolute Gasteiger partial charge is 0.468 e. The first-order chi connectivity index (χ1) is 12.2. The third-order valence-corrected chi connectivity index (χ3v) is 4.83. The van der Waals surface area contributed by atoms with Gasteiger partial charge >= 0.3 is 0 Å². The summed E-state index contributed by atoms with van der Waals surface area (Å²) in [4.78, 5) is 11.9. The molecule has 3 aromatic heterocycles. The van der Waals surface area contributed by atoms with E-state index in [1.54, 1.807) is 6.26 Å². The van der Waals surface area contributed by atoms with Gasteiger partial charge in [-0.25, -0.2) is 9.97 Å². The maximum Gasteiger partial charge on any atom is 0.138 e. The summed E-state index contributed by atoms with van der Waals surface area (Å²) in [6.45, 7) is 6.24. The van der Waals surface area contributed by atoms with Crippen LogP contribution in [0.4, 0.5) is 0 Å². The number of rotatable bonds is 5. The molecule has 0 bridgehead atoms. The first kappa shape index (κ1) is 16.1. The Morgan fingerprint density at radius 1 is 1.24 bits per heavy atom. The highest BCUT2D eigenvalue weighted by Crippen LogP contribution is 2.32. The van der Waals surface area contributed by atoms with Crippen LogP contribution in [0.1, 0.15) is 55.9 Å². The lowest BCUT2D eigenvalue weighted by Gasteiger charge is -2.23. The van der Waals surface area contributed by atoms with E-state index in [0.29, 0.717) is 12.0 Å². The van der Waals surface area contributed by atoms with Crippen molar-refractivity contribution in [1.29, 1.82) is 0 Å². The smallest absolute Gasteiger partial charge is 0.138 e. The number of aromatic nitrogens is 3. The zero-order valence-electron chi connectivity index (χ0n) is 14.8. The molecule has 0 unspecified atom stereocenters. The molecule has 5 heteroatoms. The van der Waals surface area contributed by atoms with E-state index in [9.17, 15) is 0 Å². The second kappa shape index (κ2) is 6.84. The Bertz CT molecular complexity index is 822. The lowest BCUT2D eigenvalue weighted by Crippen LogP contribution is -2.23. The SMILES string of the molecule is CC(C)c1nccn1-c1cccc([C@@H]2CCCN2Cc2ccco2)n1. The van der Waals surface area contributed by atoms with Crippen LogP contribution in [0.3, 0.4) is 0 Å². The van der Waals surface area contributed by atoms with Crippen LogP contribution in [0.2, 0.25) is 0 Å². The van der Waals surface area contributed by atoms with Crippen LogP contribution < -0.4 is 0 Å². The van der Waals surface area contributed by atoms with Gasteiger partial charge in [-0.3, -0.25) is 9.47 Å². The summed E-state index contributed by atoms with van der Waals surface area (Å²) in [7, 11) is 0. The fourth-order valence-corrected chi connectivity index (χ4v) is 3.65. The molecule has 0 amide bonds. The summed E-state index contributed by atoms with van der Waals surface area (Å²) >= 11 is 0. The summed E-state index contributed by atoms with van der Waals surface area (Å²) in [6, 6.07) is 10.6. The lowest BCUT2D eigenvalue weighted by molar-refractivity contribution is 0.224. The van der Waals surface area contributed by atoms with Crippen LogP contribution in [0.5, 0.6) is 0 Å². The molecular formula is C20H24N4O. The molecule has 0 aromatic carbocycles. The van der Waals surface area contributed by atoms with Crippen LogP contribution in [0.15, 0.2) is 53.4 Å². The Kier molecular flexibility index (Phi) is 4.40. The zero-order valence-corrected chi connectivity index (χ0v) is 14.8. The van der Waals surface area contributed by atoms with E-state index < -0.39 is 0 Å². The van der Waals surface area contributed by atoms with E-state index >= 15 is 0 Å². The first-order valence-electron chi connectivity index (χ1n) is 8.99. The van der Waals surface area contributed by atoms with Gasteiger partial charge in [-0.05, 0) is 43.7 Å². The lowest BCUT2D eigenvalue weighted by atomic mass is 10.1. The summed E-state index contributed by atoms with van der Waals surface area (Å²) in [6.07, 6.45) is 7.92. The quantitative estimate of drug-likeness (QED) is 0.696. The minimum atomic E-state index is 0.344. The van der Waals surface area contributed by atoms with Gasteiger partial charge in [0, 0.05) is 18.3 Å². The van der Waals surface area contributed by atoms with E-state index in [4.69, 9.17) is 9.40 Å². The van der Waals surface area contributed by atoms with Crippen molar-refractivity contribution in [2.24, 2.45) is 0 Å². The molecule has 0 saturated carbocycles. The van der Waals surface area contributed by atoms with Crippen molar-refractivity contribution < 1.29 is 4.42 Å². The van der Waals surface area contributed by atoms with Gasteiger partial charge in [0.25, 0.3) is 0 Å². The predicted molar refractivity (Wildman–Crippen MR) is 96.5 cm³/mol. The van der Waals surface area contributed by atoms with Gasteiger partial charge in [-0.2, -0.15) is 0 Å². The van der Waals surface area contributed by atoms with Crippen LogP contribution in [-0.2, 0) is 6.54 Å². The zero-order chi connectivity index (χ0) is 17.2. The number of imidazole rings is 1. The standard InChI is InChI=1S/C20H24N4O/c1-15(2)20-21-10-12-24(20)19-9-3-7-17(22-19)18-8-4-11-23(18)14-16-6-5-13-25-16/h3,5-7,9-10,12-13,15,18H,4,8,11,14H2,1-2H3/t18-/m0/s1. The molecular weight excluding hydrogens is 312 g/mol. The number of nitrogens with zero attached hydrogens (tertiary/aromatic N) is 4. The normalized spacial score (nSPS) is 18.3. The Labute approximate surface area is 148 Å². The average Bonchev–Trinajstić information content (AvgIpc) is 3.37. The molecule has 3 aromatic rings. The van der Waals surface area contributed by atoms with Crippen molar-refractivity contribution in [1.82, 2.24) is 19.4 Å². The second-order valence-corrected chi connectivity index (χ2v) is 6.94. The topological polar surface area (TPSA) is 47.1 Å². The van der Waals surface area contributed by atoms with Gasteiger partial charge in [-0.1, -0.05) is 19.9 Å². The van der Waals surface area contributed by atoms with Crippen molar-refractivity contribution >= 4 is 0 Å².